The van der Waals surface area contributed by atoms with Crippen molar-refractivity contribution in [3.63, 3.8) is 0 Å². The highest BCUT2D eigenvalue weighted by atomic mass is 31.2. The molecule has 5 nitrogen and oxygen atoms in total. The summed E-state index contributed by atoms with van der Waals surface area (Å²) >= 11 is 0. The van der Waals surface area contributed by atoms with Crippen LogP contribution in [0.25, 0.3) is 0 Å². The predicted molar refractivity (Wildman–Crippen MR) is 27.1 cm³/mol. The zero-order chi connectivity index (χ0) is 8.20. The van der Waals surface area contributed by atoms with Gasteiger partial charge in [-0.25, -0.2) is 0 Å². The third-order valence-electron chi connectivity index (χ3n) is 0.597. The number of hydrogen-bond acceptors (Lipinski definition) is 5. The molecule has 0 aromatic carbocycles. The molecule has 0 atom stereocenters. The van der Waals surface area contributed by atoms with Gasteiger partial charge < -0.3 is 10.0 Å². The lowest BCUT2D eigenvalue weighted by atomic mass is 9.98. The van der Waals surface area contributed by atoms with E-state index >= 15 is 0 Å². The van der Waals surface area contributed by atoms with Crippen LogP contribution in [0.15, 0.2) is 0 Å². The Balaban J connectivity index is 3.94. The quantitative estimate of drug-likeness (QED) is 0.465. The van der Waals surface area contributed by atoms with Gasteiger partial charge in [0.05, 0.1) is 6.06 Å². The van der Waals surface area contributed by atoms with Crippen LogP contribution in [-0.2, 0) is 14.0 Å². The predicted octanol–water partition coefficient (Wildman–Crippen LogP) is -0.00630. The highest BCUT2D eigenvalue weighted by Crippen LogP contribution is 2.48. The van der Waals surface area contributed by atoms with Crippen LogP contribution in [0.2, 0.25) is 0 Å². The standard InChI is InChI=1S/CH4BF2O5P/c3-8-10(7,9-4)1-2(5)6/h5-6H,1H2. The number of rotatable bonds is 4. The molecular formula is CH4BF2O5P. The van der Waals surface area contributed by atoms with E-state index in [1.807, 2.05) is 0 Å². The molecule has 0 aromatic rings. The van der Waals surface area contributed by atoms with Crippen molar-refractivity contribution >= 4 is 14.7 Å². The number of halogens is 2. The first kappa shape index (κ1) is 9.99. The van der Waals surface area contributed by atoms with Crippen LogP contribution in [0.3, 0.4) is 0 Å². The zero-order valence-corrected chi connectivity index (χ0v) is 5.50. The van der Waals surface area contributed by atoms with Crippen molar-refractivity contribution in [1.82, 2.24) is 0 Å². The van der Waals surface area contributed by atoms with Crippen molar-refractivity contribution in [2.45, 2.75) is 0 Å². The van der Waals surface area contributed by atoms with Gasteiger partial charge in [0.15, 0.2) is 0 Å². The van der Waals surface area contributed by atoms with E-state index in [0.717, 1.165) is 0 Å². The molecule has 0 heterocycles. The lowest BCUT2D eigenvalue weighted by molar-refractivity contribution is -0.0864. The maximum absolute atomic E-state index is 11.1. The van der Waals surface area contributed by atoms with Gasteiger partial charge in [-0.2, -0.15) is 0 Å². The van der Waals surface area contributed by atoms with Crippen LogP contribution < -0.4 is 0 Å². The van der Waals surface area contributed by atoms with Gasteiger partial charge in [0.2, 0.25) is 0 Å². The molecule has 0 aliphatic rings. The Morgan fingerprint density at radius 2 is 1.80 bits per heavy atom. The summed E-state index contributed by atoms with van der Waals surface area (Å²) in [6.45, 7) is 0. The smallest absolute Gasteiger partial charge is 0.427 e. The molecule has 0 unspecified atom stereocenters. The molecule has 10 heavy (non-hydrogen) atoms. The van der Waals surface area contributed by atoms with Crippen LogP contribution >= 0.6 is 7.60 Å². The van der Waals surface area contributed by atoms with E-state index < -0.39 is 20.8 Å². The largest absolute Gasteiger partial charge is 0.464 e. The average Bonchev–Trinajstić information content (AvgIpc) is 1.87. The van der Waals surface area contributed by atoms with Crippen molar-refractivity contribution < 1.29 is 33.1 Å². The Labute approximate surface area is 55.0 Å². The van der Waals surface area contributed by atoms with Crippen LogP contribution in [0.5, 0.6) is 0 Å². The molecule has 2 N–H and O–H groups in total. The second-order valence-electron chi connectivity index (χ2n) is 1.41. The Bertz CT molecular complexity index is 132. The van der Waals surface area contributed by atoms with E-state index in [9.17, 15) is 13.6 Å². The summed E-state index contributed by atoms with van der Waals surface area (Å²) in [7, 11) is -6.71. The molecule has 0 aliphatic heterocycles. The van der Waals surface area contributed by atoms with E-state index in [-0.39, 0.29) is 0 Å². The summed E-state index contributed by atoms with van der Waals surface area (Å²) in [5.74, 6) is 0. The Hall–Kier alpha value is -0.00506. The molecule has 9 heteroatoms. The Morgan fingerprint density at radius 3 is 1.90 bits per heavy atom. The summed E-state index contributed by atoms with van der Waals surface area (Å²) in [6.07, 6.45) is 0. The Kier molecular flexibility index (Phi) is 3.99. The topological polar surface area (TPSA) is 76.0 Å². The molecule has 0 radical (unpaired) electrons. The monoisotopic (exact) mass is 176 g/mol. The minimum absolute atomic E-state index is 1.15. The lowest BCUT2D eigenvalue weighted by Crippen LogP contribution is -2.17. The van der Waals surface area contributed by atoms with Crippen LogP contribution in [0, 0.1) is 0 Å². The third-order valence-corrected chi connectivity index (χ3v) is 1.79. The summed E-state index contributed by atoms with van der Waals surface area (Å²) in [6, 6.07) is -1.15. The van der Waals surface area contributed by atoms with Gasteiger partial charge in [0, 0.05) is 0 Å². The van der Waals surface area contributed by atoms with E-state index in [0.29, 0.717) is 0 Å². The van der Waals surface area contributed by atoms with Gasteiger partial charge in [-0.15, -0.1) is 9.46 Å². The van der Waals surface area contributed by atoms with Crippen LogP contribution in [-0.4, -0.2) is 23.2 Å². The van der Waals surface area contributed by atoms with E-state index in [1.165, 1.54) is 0 Å². The summed E-state index contributed by atoms with van der Waals surface area (Å²) < 4.78 is 37.4. The first-order valence-electron chi connectivity index (χ1n) is 2.10. The third kappa shape index (κ3) is 3.24. The SMILES string of the molecule is O=P(CB(O)O)(OF)OF. The Morgan fingerprint density at radius 1 is 1.40 bits per heavy atom. The molecular weight excluding hydrogens is 172 g/mol. The van der Waals surface area contributed by atoms with Crippen molar-refractivity contribution in [2.24, 2.45) is 0 Å². The van der Waals surface area contributed by atoms with Gasteiger partial charge in [-0.05, 0) is 9.05 Å². The second kappa shape index (κ2) is 4.00. The second-order valence-corrected chi connectivity index (χ2v) is 3.28. The van der Waals surface area contributed by atoms with Crippen LogP contribution in [0.4, 0.5) is 9.05 Å². The molecule has 0 bridgehead atoms. The summed E-state index contributed by atoms with van der Waals surface area (Å²) in [4.78, 5) is 0. The summed E-state index contributed by atoms with van der Waals surface area (Å²) in [5, 5.41) is 16.1. The van der Waals surface area contributed by atoms with E-state index in [1.54, 1.807) is 0 Å². The van der Waals surface area contributed by atoms with Gasteiger partial charge in [-0.1, -0.05) is 0 Å². The van der Waals surface area contributed by atoms with Gasteiger partial charge in [-0.3, -0.25) is 4.57 Å². The average molecular weight is 176 g/mol. The normalized spacial score (nSPS) is 11.6. The fourth-order valence-electron chi connectivity index (χ4n) is 0.267. The van der Waals surface area contributed by atoms with Gasteiger partial charge >= 0.3 is 14.7 Å². The lowest BCUT2D eigenvalue weighted by Gasteiger charge is -2.04. The molecule has 0 rings (SSSR count). The van der Waals surface area contributed by atoms with Crippen molar-refractivity contribution in [2.75, 3.05) is 6.06 Å². The highest BCUT2D eigenvalue weighted by Gasteiger charge is 2.33. The molecule has 60 valence electrons. The van der Waals surface area contributed by atoms with Gasteiger partial charge in [0.25, 0.3) is 0 Å². The molecule has 0 aromatic heterocycles. The van der Waals surface area contributed by atoms with Crippen molar-refractivity contribution in [3.05, 3.63) is 0 Å². The van der Waals surface area contributed by atoms with Gasteiger partial charge in [0.1, 0.15) is 0 Å². The molecule has 0 saturated heterocycles. The van der Waals surface area contributed by atoms with Crippen molar-refractivity contribution in [1.29, 1.82) is 0 Å². The molecule has 0 fully saturated rings. The first-order valence-corrected chi connectivity index (χ1v) is 3.83. The van der Waals surface area contributed by atoms with E-state index in [4.69, 9.17) is 10.0 Å². The maximum atomic E-state index is 11.1. The summed E-state index contributed by atoms with van der Waals surface area (Å²) in [5.41, 5.74) is 0. The molecule has 0 aliphatic carbocycles. The van der Waals surface area contributed by atoms with Crippen LogP contribution in [0.1, 0.15) is 0 Å². The van der Waals surface area contributed by atoms with Crippen molar-refractivity contribution in [3.8, 4) is 0 Å². The molecule has 0 saturated carbocycles. The molecule has 0 spiro atoms. The fraction of sp³-hybridized carbons (Fsp3) is 1.00. The zero-order valence-electron chi connectivity index (χ0n) is 4.61. The minimum atomic E-state index is -4.57. The molecule has 0 amide bonds. The maximum Gasteiger partial charge on any atom is 0.464 e. The highest BCUT2D eigenvalue weighted by molar-refractivity contribution is 7.55. The fourth-order valence-corrected chi connectivity index (χ4v) is 0.801. The van der Waals surface area contributed by atoms with E-state index in [2.05, 4.69) is 9.46 Å². The number of hydrogen-bond donors (Lipinski definition) is 2. The minimum Gasteiger partial charge on any atom is -0.427 e. The first-order chi connectivity index (χ1) is 4.54.